The van der Waals surface area contributed by atoms with Gasteiger partial charge in [-0.2, -0.15) is 13.2 Å². The minimum atomic E-state index is -4.97. The Balaban J connectivity index is 3.42. The molecule has 18 heavy (non-hydrogen) atoms. The van der Waals surface area contributed by atoms with Gasteiger partial charge in [-0.25, -0.2) is 13.8 Å². The topological polar surface area (TPSA) is 50.2 Å². The van der Waals surface area contributed by atoms with Crippen LogP contribution in [0.5, 0.6) is 0 Å². The van der Waals surface area contributed by atoms with Crippen molar-refractivity contribution in [3.63, 3.8) is 0 Å². The van der Waals surface area contributed by atoms with Gasteiger partial charge >= 0.3 is 12.1 Å². The predicted octanol–water partition coefficient (Wildman–Crippen LogP) is 3.27. The molecule has 1 aromatic rings. The van der Waals surface area contributed by atoms with Gasteiger partial charge in [0.15, 0.2) is 0 Å². The first-order valence-corrected chi connectivity index (χ1v) is 5.47. The highest BCUT2D eigenvalue weighted by molar-refractivity contribution is 14.1. The number of aromatic nitrogens is 1. The van der Waals surface area contributed by atoms with Crippen LogP contribution < -0.4 is 0 Å². The molecule has 0 fully saturated rings. The summed E-state index contributed by atoms with van der Waals surface area (Å²) in [6, 6.07) is 0.770. The maximum atomic E-state index is 12.6. The summed E-state index contributed by atoms with van der Waals surface area (Å²) in [5.74, 6) is -1.50. The van der Waals surface area contributed by atoms with Crippen molar-refractivity contribution >= 4 is 28.6 Å². The summed E-state index contributed by atoms with van der Waals surface area (Å²) in [5, 5.41) is 8.48. The zero-order valence-corrected chi connectivity index (χ0v) is 10.6. The molecule has 100 valence electrons. The Labute approximate surface area is 111 Å². The molecule has 1 rings (SSSR count). The third-order valence-corrected chi connectivity index (χ3v) is 2.76. The molecule has 0 spiro atoms. The maximum Gasteiger partial charge on any atom is 0.433 e. The van der Waals surface area contributed by atoms with E-state index in [0.717, 1.165) is 6.07 Å². The van der Waals surface area contributed by atoms with Gasteiger partial charge in [0.2, 0.25) is 0 Å². The van der Waals surface area contributed by atoms with Gasteiger partial charge in [0, 0.05) is 3.57 Å². The number of carboxylic acids is 1. The number of nitrogens with zero attached hydrogens (tertiary/aromatic N) is 1. The molecule has 0 amide bonds. The zero-order valence-electron chi connectivity index (χ0n) is 8.43. The number of hydrogen-bond donors (Lipinski definition) is 1. The van der Waals surface area contributed by atoms with Gasteiger partial charge in [-0.1, -0.05) is 0 Å². The number of alkyl halides is 5. The van der Waals surface area contributed by atoms with Crippen LogP contribution in [0.4, 0.5) is 22.0 Å². The predicted molar refractivity (Wildman–Crippen MR) is 58.3 cm³/mol. The van der Waals surface area contributed by atoms with E-state index < -0.39 is 41.9 Å². The highest BCUT2D eigenvalue weighted by Crippen LogP contribution is 2.34. The number of carbonyl (C=O) groups is 1. The van der Waals surface area contributed by atoms with E-state index in [9.17, 15) is 26.7 Å². The van der Waals surface area contributed by atoms with Gasteiger partial charge in [-0.05, 0) is 34.2 Å². The normalized spacial score (nSPS) is 11.9. The summed E-state index contributed by atoms with van der Waals surface area (Å²) < 4.78 is 62.4. The molecule has 1 N–H and O–H groups in total. The fraction of sp³-hybridized carbons (Fsp3) is 0.333. The standard InChI is InChI=1S/C9H5F5INO2/c10-8(11)6-4(15)1-3(2-5(17)18)7(16-6)9(12,13)14/h1,8H,2H2,(H,17,18). The lowest BCUT2D eigenvalue weighted by molar-refractivity contribution is -0.142. The largest absolute Gasteiger partial charge is 0.481 e. The number of hydrogen-bond acceptors (Lipinski definition) is 2. The first-order chi connectivity index (χ1) is 8.12. The summed E-state index contributed by atoms with van der Waals surface area (Å²) >= 11 is 1.39. The Kier molecular flexibility index (Phi) is 4.46. The Morgan fingerprint density at radius 3 is 2.39 bits per heavy atom. The van der Waals surface area contributed by atoms with Crippen molar-refractivity contribution in [2.75, 3.05) is 0 Å². The van der Waals surface area contributed by atoms with E-state index >= 15 is 0 Å². The molecule has 0 saturated carbocycles. The number of rotatable bonds is 3. The molecule has 0 aliphatic heterocycles. The number of pyridine rings is 1. The fourth-order valence-corrected chi connectivity index (χ4v) is 1.97. The molecule has 0 aliphatic carbocycles. The van der Waals surface area contributed by atoms with Crippen molar-refractivity contribution in [1.82, 2.24) is 4.98 Å². The van der Waals surface area contributed by atoms with E-state index in [2.05, 4.69) is 4.98 Å². The van der Waals surface area contributed by atoms with E-state index in [4.69, 9.17) is 5.11 Å². The van der Waals surface area contributed by atoms with Crippen molar-refractivity contribution < 1.29 is 31.9 Å². The van der Waals surface area contributed by atoms with E-state index in [1.165, 1.54) is 22.6 Å². The van der Waals surface area contributed by atoms with E-state index in [1.807, 2.05) is 0 Å². The maximum absolute atomic E-state index is 12.6. The second kappa shape index (κ2) is 5.33. The van der Waals surface area contributed by atoms with Crippen molar-refractivity contribution in [2.24, 2.45) is 0 Å². The molecular weight excluding hydrogens is 376 g/mol. The third-order valence-electron chi connectivity index (χ3n) is 1.90. The van der Waals surface area contributed by atoms with E-state index in [0.29, 0.717) is 0 Å². The second-order valence-corrected chi connectivity index (χ2v) is 4.39. The Morgan fingerprint density at radius 2 is 2.00 bits per heavy atom. The first-order valence-electron chi connectivity index (χ1n) is 4.39. The Bertz CT molecular complexity index is 475. The van der Waals surface area contributed by atoms with Gasteiger partial charge in [-0.3, -0.25) is 4.79 Å². The van der Waals surface area contributed by atoms with Crippen molar-refractivity contribution in [1.29, 1.82) is 0 Å². The summed E-state index contributed by atoms with van der Waals surface area (Å²) in [7, 11) is 0. The smallest absolute Gasteiger partial charge is 0.433 e. The van der Waals surface area contributed by atoms with Gasteiger partial charge in [0.05, 0.1) is 6.42 Å². The zero-order chi connectivity index (χ0) is 14.1. The highest BCUT2D eigenvalue weighted by atomic mass is 127. The van der Waals surface area contributed by atoms with Crippen LogP contribution in [-0.2, 0) is 17.4 Å². The molecule has 9 heteroatoms. The second-order valence-electron chi connectivity index (χ2n) is 3.23. The summed E-state index contributed by atoms with van der Waals surface area (Å²) in [5.41, 5.74) is -3.22. The SMILES string of the molecule is O=C(O)Cc1cc(I)c(C(F)F)nc1C(F)(F)F. The van der Waals surface area contributed by atoms with Crippen LogP contribution in [0.25, 0.3) is 0 Å². The van der Waals surface area contributed by atoms with E-state index in [1.54, 1.807) is 0 Å². The van der Waals surface area contributed by atoms with Gasteiger partial charge < -0.3 is 5.11 Å². The molecule has 0 bridgehead atoms. The molecule has 0 radical (unpaired) electrons. The average Bonchev–Trinajstić information content (AvgIpc) is 2.13. The molecule has 1 heterocycles. The summed E-state index contributed by atoms with van der Waals surface area (Å²) in [6.07, 6.45) is -9.06. The average molecular weight is 381 g/mol. The van der Waals surface area contributed by atoms with Gasteiger partial charge in [0.25, 0.3) is 6.43 Å². The van der Waals surface area contributed by atoms with Crippen LogP contribution >= 0.6 is 22.6 Å². The minimum absolute atomic E-state index is 0.202. The summed E-state index contributed by atoms with van der Waals surface area (Å²) in [6.45, 7) is 0. The Morgan fingerprint density at radius 1 is 1.44 bits per heavy atom. The van der Waals surface area contributed by atoms with Crippen molar-refractivity contribution in [2.45, 2.75) is 19.0 Å². The molecule has 0 saturated heterocycles. The van der Waals surface area contributed by atoms with E-state index in [-0.39, 0.29) is 3.57 Å². The Hall–Kier alpha value is -1.00. The molecule has 0 aromatic carbocycles. The van der Waals surface area contributed by atoms with Gasteiger partial charge in [0.1, 0.15) is 11.4 Å². The lowest BCUT2D eigenvalue weighted by Crippen LogP contribution is -2.17. The van der Waals surface area contributed by atoms with Crippen LogP contribution in [0.2, 0.25) is 0 Å². The van der Waals surface area contributed by atoms with Crippen molar-refractivity contribution in [3.05, 3.63) is 26.6 Å². The lowest BCUT2D eigenvalue weighted by Gasteiger charge is -2.13. The van der Waals surface area contributed by atoms with Crippen LogP contribution in [0.15, 0.2) is 6.07 Å². The quantitative estimate of drug-likeness (QED) is 0.646. The number of aliphatic carboxylic acids is 1. The lowest BCUT2D eigenvalue weighted by atomic mass is 10.1. The van der Waals surface area contributed by atoms with Crippen LogP contribution in [-0.4, -0.2) is 16.1 Å². The van der Waals surface area contributed by atoms with Crippen LogP contribution in [0.3, 0.4) is 0 Å². The summed E-state index contributed by atoms with van der Waals surface area (Å²) in [4.78, 5) is 13.3. The molecule has 1 aromatic heterocycles. The number of halogens is 6. The third kappa shape index (κ3) is 3.50. The monoisotopic (exact) mass is 381 g/mol. The molecule has 0 unspecified atom stereocenters. The molecular formula is C9H5F5INO2. The fourth-order valence-electron chi connectivity index (χ4n) is 1.24. The first kappa shape index (κ1) is 15.1. The van der Waals surface area contributed by atoms with Crippen molar-refractivity contribution in [3.8, 4) is 0 Å². The molecule has 0 atom stereocenters. The van der Waals surface area contributed by atoms with Gasteiger partial charge in [-0.15, -0.1) is 0 Å². The molecule has 3 nitrogen and oxygen atoms in total. The minimum Gasteiger partial charge on any atom is -0.481 e. The molecule has 0 aliphatic rings. The number of carboxylic acid groups (broad SMARTS) is 1. The highest BCUT2D eigenvalue weighted by Gasteiger charge is 2.37. The van der Waals surface area contributed by atoms with Crippen LogP contribution in [0, 0.1) is 3.57 Å². The van der Waals surface area contributed by atoms with Crippen LogP contribution in [0.1, 0.15) is 23.4 Å².